The molecule has 0 saturated carbocycles. The Balaban J connectivity index is 3.10. The lowest BCUT2D eigenvalue weighted by Gasteiger charge is -2.04. The quantitative estimate of drug-likeness (QED) is 0.825. The fourth-order valence-corrected chi connectivity index (χ4v) is 2.39. The van der Waals surface area contributed by atoms with E-state index in [1.807, 2.05) is 0 Å². The van der Waals surface area contributed by atoms with E-state index in [0.717, 1.165) is 0 Å². The first-order chi connectivity index (χ1) is 5.90. The Morgan fingerprint density at radius 1 is 1.46 bits per heavy atom. The minimum absolute atomic E-state index is 0.0125. The van der Waals surface area contributed by atoms with Gasteiger partial charge >= 0.3 is 0 Å². The van der Waals surface area contributed by atoms with Gasteiger partial charge in [0.25, 0.3) is 0 Å². The second-order valence-electron chi connectivity index (χ2n) is 2.89. The minimum Gasteiger partial charge on any atom is -0.398 e. The van der Waals surface area contributed by atoms with E-state index in [0.29, 0.717) is 15.7 Å². The summed E-state index contributed by atoms with van der Waals surface area (Å²) in [7, 11) is -3.00. The largest absolute Gasteiger partial charge is 0.398 e. The molecule has 0 atom stereocenters. The van der Waals surface area contributed by atoms with Crippen molar-refractivity contribution < 1.29 is 8.42 Å². The fraction of sp³-hybridized carbons (Fsp3) is 0.250. The van der Waals surface area contributed by atoms with Crippen molar-refractivity contribution in [2.75, 3.05) is 12.0 Å². The monoisotopic (exact) mass is 263 g/mol. The van der Waals surface area contributed by atoms with Crippen molar-refractivity contribution in [2.45, 2.75) is 5.75 Å². The zero-order valence-corrected chi connectivity index (χ0v) is 9.52. The van der Waals surface area contributed by atoms with Gasteiger partial charge in [0.2, 0.25) is 0 Å². The molecule has 2 N–H and O–H groups in total. The van der Waals surface area contributed by atoms with E-state index in [1.165, 1.54) is 6.26 Å². The summed E-state index contributed by atoms with van der Waals surface area (Å²) in [5.74, 6) is 0.0125. The molecule has 1 rings (SSSR count). The van der Waals surface area contributed by atoms with Crippen LogP contribution in [0.25, 0.3) is 0 Å². The summed E-state index contributed by atoms with van der Waals surface area (Å²) >= 11 is 3.24. The number of anilines is 1. The highest BCUT2D eigenvalue weighted by Gasteiger charge is 2.08. The molecule has 0 saturated heterocycles. The van der Waals surface area contributed by atoms with Crippen molar-refractivity contribution in [1.82, 2.24) is 0 Å². The summed E-state index contributed by atoms with van der Waals surface area (Å²) in [5, 5.41) is 0. The van der Waals surface area contributed by atoms with Crippen LogP contribution in [-0.2, 0) is 15.6 Å². The number of hydrogen-bond donors (Lipinski definition) is 1. The fourth-order valence-electron chi connectivity index (χ4n) is 0.994. The van der Waals surface area contributed by atoms with Crippen molar-refractivity contribution in [1.29, 1.82) is 0 Å². The molecule has 3 nitrogen and oxygen atoms in total. The molecule has 1 aromatic rings. The molecule has 0 unspecified atom stereocenters. The molecule has 13 heavy (non-hydrogen) atoms. The molecule has 0 heterocycles. The van der Waals surface area contributed by atoms with Crippen molar-refractivity contribution in [3.63, 3.8) is 0 Å². The normalized spacial score (nSPS) is 11.5. The number of nitrogens with two attached hydrogens (primary N) is 1. The number of rotatable bonds is 2. The maximum absolute atomic E-state index is 11.0. The van der Waals surface area contributed by atoms with Crippen LogP contribution in [0, 0.1) is 0 Å². The highest BCUT2D eigenvalue weighted by atomic mass is 79.9. The number of halogens is 1. The minimum atomic E-state index is -3.00. The van der Waals surface area contributed by atoms with Crippen LogP contribution in [-0.4, -0.2) is 14.7 Å². The van der Waals surface area contributed by atoms with Gasteiger partial charge in [-0.15, -0.1) is 0 Å². The van der Waals surface area contributed by atoms with Crippen molar-refractivity contribution >= 4 is 31.5 Å². The molecule has 0 bridgehead atoms. The highest BCUT2D eigenvalue weighted by molar-refractivity contribution is 9.10. The average Bonchev–Trinajstić information content (AvgIpc) is 1.96. The molecular formula is C8H10BrNO2S. The van der Waals surface area contributed by atoms with Crippen molar-refractivity contribution in [3.8, 4) is 0 Å². The van der Waals surface area contributed by atoms with Gasteiger partial charge in [-0.3, -0.25) is 0 Å². The predicted octanol–water partition coefficient (Wildman–Crippen LogP) is 1.58. The number of sulfone groups is 1. The summed E-state index contributed by atoms with van der Waals surface area (Å²) in [6.45, 7) is 0. The zero-order valence-electron chi connectivity index (χ0n) is 7.12. The molecule has 0 amide bonds. The van der Waals surface area contributed by atoms with Gasteiger partial charge in [-0.25, -0.2) is 8.42 Å². The lowest BCUT2D eigenvalue weighted by molar-refractivity contribution is 0.601. The third-order valence-electron chi connectivity index (χ3n) is 1.53. The van der Waals surface area contributed by atoms with Gasteiger partial charge < -0.3 is 5.73 Å². The molecule has 72 valence electrons. The first-order valence-corrected chi connectivity index (χ1v) is 6.46. The molecule has 0 radical (unpaired) electrons. The van der Waals surface area contributed by atoms with Gasteiger partial charge in [-0.05, 0) is 27.6 Å². The van der Waals surface area contributed by atoms with E-state index < -0.39 is 9.84 Å². The molecule has 0 fully saturated rings. The van der Waals surface area contributed by atoms with E-state index in [2.05, 4.69) is 15.9 Å². The van der Waals surface area contributed by atoms with E-state index in [9.17, 15) is 8.42 Å². The van der Waals surface area contributed by atoms with E-state index >= 15 is 0 Å². The first-order valence-electron chi connectivity index (χ1n) is 3.61. The Labute approximate surface area is 86.0 Å². The Kier molecular flexibility index (Phi) is 2.98. The Morgan fingerprint density at radius 2 is 2.08 bits per heavy atom. The van der Waals surface area contributed by atoms with Crippen LogP contribution in [0.3, 0.4) is 0 Å². The number of hydrogen-bond acceptors (Lipinski definition) is 3. The summed E-state index contributed by atoms with van der Waals surface area (Å²) in [5.41, 5.74) is 6.85. The van der Waals surface area contributed by atoms with Crippen molar-refractivity contribution in [2.24, 2.45) is 0 Å². The van der Waals surface area contributed by atoms with Crippen LogP contribution in [0.1, 0.15) is 5.56 Å². The second-order valence-corrected chi connectivity index (χ2v) is 5.82. The van der Waals surface area contributed by atoms with Crippen LogP contribution < -0.4 is 5.73 Å². The van der Waals surface area contributed by atoms with Gasteiger partial charge in [0, 0.05) is 16.4 Å². The van der Waals surface area contributed by atoms with Gasteiger partial charge in [0.1, 0.15) is 0 Å². The maximum Gasteiger partial charge on any atom is 0.151 e. The Morgan fingerprint density at radius 3 is 2.62 bits per heavy atom. The topological polar surface area (TPSA) is 60.2 Å². The van der Waals surface area contributed by atoms with Crippen LogP contribution in [0.5, 0.6) is 0 Å². The Hall–Kier alpha value is -0.550. The second kappa shape index (κ2) is 3.67. The SMILES string of the molecule is CS(=O)(=O)Cc1cccc(N)c1Br. The average molecular weight is 264 g/mol. The third-order valence-corrected chi connectivity index (χ3v) is 3.33. The molecule has 5 heteroatoms. The van der Waals surface area contributed by atoms with Gasteiger partial charge in [0.05, 0.1) is 5.75 Å². The van der Waals surface area contributed by atoms with E-state index in [-0.39, 0.29) is 5.75 Å². The van der Waals surface area contributed by atoms with Gasteiger partial charge in [-0.1, -0.05) is 12.1 Å². The number of benzene rings is 1. The van der Waals surface area contributed by atoms with Gasteiger partial charge in [-0.2, -0.15) is 0 Å². The molecule has 0 aliphatic heterocycles. The number of nitrogen functional groups attached to an aromatic ring is 1. The van der Waals surface area contributed by atoms with E-state index in [1.54, 1.807) is 18.2 Å². The zero-order chi connectivity index (χ0) is 10.1. The van der Waals surface area contributed by atoms with Crippen LogP contribution in [0.15, 0.2) is 22.7 Å². The van der Waals surface area contributed by atoms with E-state index in [4.69, 9.17) is 5.73 Å². The summed E-state index contributed by atoms with van der Waals surface area (Å²) < 4.78 is 22.7. The van der Waals surface area contributed by atoms with Gasteiger partial charge in [0.15, 0.2) is 9.84 Å². The molecule has 0 aromatic heterocycles. The maximum atomic E-state index is 11.0. The van der Waals surface area contributed by atoms with Crippen molar-refractivity contribution in [3.05, 3.63) is 28.2 Å². The first kappa shape index (κ1) is 10.5. The third kappa shape index (κ3) is 3.00. The smallest absolute Gasteiger partial charge is 0.151 e. The summed E-state index contributed by atoms with van der Waals surface area (Å²) in [4.78, 5) is 0. The lowest BCUT2D eigenvalue weighted by Crippen LogP contribution is -2.02. The molecular weight excluding hydrogens is 254 g/mol. The predicted molar refractivity (Wildman–Crippen MR) is 57.1 cm³/mol. The Bertz CT molecular complexity index is 414. The molecule has 1 aromatic carbocycles. The molecule has 0 spiro atoms. The standard InChI is InChI=1S/C8H10BrNO2S/c1-13(11,12)5-6-3-2-4-7(10)8(6)9/h2-4H,5,10H2,1H3. The van der Waals surface area contributed by atoms with Crippen LogP contribution >= 0.6 is 15.9 Å². The summed E-state index contributed by atoms with van der Waals surface area (Å²) in [6.07, 6.45) is 1.20. The van der Waals surface area contributed by atoms with Crippen LogP contribution in [0.2, 0.25) is 0 Å². The van der Waals surface area contributed by atoms with Crippen LogP contribution in [0.4, 0.5) is 5.69 Å². The molecule has 0 aliphatic rings. The molecule has 0 aliphatic carbocycles. The lowest BCUT2D eigenvalue weighted by atomic mass is 10.2. The summed E-state index contributed by atoms with van der Waals surface area (Å²) in [6, 6.07) is 5.19. The highest BCUT2D eigenvalue weighted by Crippen LogP contribution is 2.24.